The van der Waals surface area contributed by atoms with Gasteiger partial charge in [0, 0.05) is 18.9 Å². The van der Waals surface area contributed by atoms with Gasteiger partial charge in [0.2, 0.25) is 5.78 Å². The maximum absolute atomic E-state index is 12.4. The Kier molecular flexibility index (Phi) is 5.36. The predicted molar refractivity (Wildman–Crippen MR) is 95.3 cm³/mol. The van der Waals surface area contributed by atoms with E-state index in [9.17, 15) is 19.5 Å². The van der Waals surface area contributed by atoms with Crippen molar-refractivity contribution in [2.45, 2.75) is 6.54 Å². The molecule has 0 aliphatic rings. The number of aromatic amines is 1. The number of H-pyrrole nitrogens is 1. The van der Waals surface area contributed by atoms with Gasteiger partial charge >= 0.3 is 0 Å². The molecule has 27 heavy (non-hydrogen) atoms. The Morgan fingerprint density at radius 3 is 2.48 bits per heavy atom. The van der Waals surface area contributed by atoms with Gasteiger partial charge in [-0.25, -0.2) is 0 Å². The second kappa shape index (κ2) is 8.05. The summed E-state index contributed by atoms with van der Waals surface area (Å²) in [7, 11) is 0. The summed E-state index contributed by atoms with van der Waals surface area (Å²) in [6.07, 6.45) is 1.68. The molecule has 2 amide bonds. The van der Waals surface area contributed by atoms with Gasteiger partial charge in [-0.15, -0.1) is 0 Å². The summed E-state index contributed by atoms with van der Waals surface area (Å²) < 4.78 is 1.27. The maximum Gasteiger partial charge on any atom is 0.258 e. The molecule has 0 saturated carbocycles. The number of rotatable bonds is 7. The van der Waals surface area contributed by atoms with Crippen LogP contribution in [0.15, 0.2) is 67.0 Å². The number of hydrogen-bond acceptors (Lipinski definition) is 4. The molecular formula is C19H17N4O4-. The van der Waals surface area contributed by atoms with E-state index in [2.05, 4.69) is 10.4 Å². The van der Waals surface area contributed by atoms with Crippen molar-refractivity contribution in [3.05, 3.63) is 83.9 Å². The van der Waals surface area contributed by atoms with Crippen LogP contribution in [-0.2, 0) is 11.3 Å². The quantitative estimate of drug-likeness (QED) is 0.608. The monoisotopic (exact) mass is 365 g/mol. The molecule has 3 aromatic rings. The van der Waals surface area contributed by atoms with E-state index >= 15 is 0 Å². The average molecular weight is 365 g/mol. The van der Waals surface area contributed by atoms with Crippen LogP contribution < -0.4 is 10.5 Å². The van der Waals surface area contributed by atoms with Gasteiger partial charge in [0.25, 0.3) is 5.91 Å². The fourth-order valence-electron chi connectivity index (χ4n) is 2.60. The molecular weight excluding hydrogens is 348 g/mol. The third-order valence-corrected chi connectivity index (χ3v) is 3.88. The molecule has 0 saturated heterocycles. The first-order valence-corrected chi connectivity index (χ1v) is 8.20. The van der Waals surface area contributed by atoms with Crippen LogP contribution in [0.5, 0.6) is 0 Å². The van der Waals surface area contributed by atoms with Crippen molar-refractivity contribution in [3.63, 3.8) is 0 Å². The van der Waals surface area contributed by atoms with E-state index in [0.717, 1.165) is 10.5 Å². The largest absolute Gasteiger partial charge is 0.530 e. The van der Waals surface area contributed by atoms with Crippen molar-refractivity contribution in [2.75, 3.05) is 12.0 Å². The van der Waals surface area contributed by atoms with Crippen molar-refractivity contribution in [1.29, 1.82) is 0 Å². The average Bonchev–Trinajstić information content (AvgIpc) is 3.33. The number of ketones is 1. The molecule has 0 aliphatic heterocycles. The van der Waals surface area contributed by atoms with Gasteiger partial charge in [-0.1, -0.05) is 30.3 Å². The first-order valence-electron chi connectivity index (χ1n) is 8.20. The third-order valence-electron chi connectivity index (χ3n) is 3.88. The number of aromatic nitrogens is 2. The van der Waals surface area contributed by atoms with Crippen molar-refractivity contribution in [3.8, 4) is 0 Å². The van der Waals surface area contributed by atoms with Crippen LogP contribution in [0.1, 0.15) is 21.7 Å². The van der Waals surface area contributed by atoms with Gasteiger partial charge in [-0.3, -0.25) is 19.7 Å². The highest BCUT2D eigenvalue weighted by Gasteiger charge is 2.17. The Morgan fingerprint density at radius 2 is 1.81 bits per heavy atom. The molecule has 0 atom stereocenters. The minimum Gasteiger partial charge on any atom is -0.530 e. The molecule has 3 rings (SSSR count). The fourth-order valence-corrected chi connectivity index (χ4v) is 2.60. The lowest BCUT2D eigenvalue weighted by molar-refractivity contribution is -0.266. The minimum atomic E-state index is -1.45. The molecule has 0 radical (unpaired) electrons. The van der Waals surface area contributed by atoms with Crippen LogP contribution >= 0.6 is 0 Å². The number of hydrogen-bond donors (Lipinski definition) is 2. The molecule has 0 fully saturated rings. The number of carboxylic acid groups (broad SMARTS) is 1. The van der Waals surface area contributed by atoms with E-state index in [1.165, 1.54) is 10.9 Å². The molecule has 0 unspecified atom stereocenters. The normalized spacial score (nSPS) is 10.4. The van der Waals surface area contributed by atoms with Crippen LogP contribution in [0.2, 0.25) is 0 Å². The summed E-state index contributed by atoms with van der Waals surface area (Å²) in [5, 5.41) is 11.3. The smallest absolute Gasteiger partial charge is 0.258 e. The Balaban J connectivity index is 1.67. The van der Waals surface area contributed by atoms with Gasteiger partial charge in [-0.05, 0) is 29.8 Å². The van der Waals surface area contributed by atoms with Crippen LogP contribution in [0.3, 0.4) is 0 Å². The molecule has 0 bridgehead atoms. The van der Waals surface area contributed by atoms with E-state index in [-0.39, 0.29) is 18.0 Å². The van der Waals surface area contributed by atoms with Gasteiger partial charge in [0.15, 0.2) is 0 Å². The van der Waals surface area contributed by atoms with E-state index in [1.807, 2.05) is 6.07 Å². The Hall–Kier alpha value is -3.81. The number of nitrogens with zero attached hydrogens (tertiary/aromatic N) is 2. The van der Waals surface area contributed by atoms with Crippen molar-refractivity contribution in [1.82, 2.24) is 14.6 Å². The Morgan fingerprint density at radius 1 is 1.04 bits per heavy atom. The molecule has 138 valence electrons. The maximum atomic E-state index is 12.4. The molecule has 2 heterocycles. The zero-order valence-electron chi connectivity index (χ0n) is 14.3. The predicted octanol–water partition coefficient (Wildman–Crippen LogP) is 0.963. The number of amides is 2. The van der Waals surface area contributed by atoms with Crippen LogP contribution in [0, 0.1) is 0 Å². The van der Waals surface area contributed by atoms with E-state index in [0.29, 0.717) is 5.69 Å². The second-order valence-electron chi connectivity index (χ2n) is 5.82. The molecule has 8 nitrogen and oxygen atoms in total. The zero-order valence-corrected chi connectivity index (χ0v) is 14.3. The van der Waals surface area contributed by atoms with Crippen LogP contribution in [-0.4, -0.2) is 38.9 Å². The molecule has 0 spiro atoms. The third kappa shape index (κ3) is 4.43. The number of carbonyl (C=O) groups excluding carboxylic acids is 3. The van der Waals surface area contributed by atoms with Gasteiger partial charge in [0.1, 0.15) is 18.3 Å². The Labute approximate surface area is 155 Å². The van der Waals surface area contributed by atoms with E-state index in [1.54, 1.807) is 54.7 Å². The second-order valence-corrected chi connectivity index (χ2v) is 5.82. The first kappa shape index (κ1) is 18.0. The van der Waals surface area contributed by atoms with E-state index in [4.69, 9.17) is 0 Å². The number of carbonyl (C=O) groups is 3. The van der Waals surface area contributed by atoms with Gasteiger partial charge in [-0.2, -0.15) is 0 Å². The SMILES string of the molecule is O=C(CN(Cc1ccccc1)C(=O)[O-])Nn1cccc1C(=O)c1ccc[nH]1. The summed E-state index contributed by atoms with van der Waals surface area (Å²) in [6.45, 7) is -0.401. The number of nitrogens with one attached hydrogen (secondary N) is 2. The summed E-state index contributed by atoms with van der Waals surface area (Å²) in [4.78, 5) is 39.8. The van der Waals surface area contributed by atoms with Crippen LogP contribution in [0.25, 0.3) is 0 Å². The highest BCUT2D eigenvalue weighted by molar-refractivity contribution is 6.07. The lowest BCUT2D eigenvalue weighted by Gasteiger charge is -2.24. The van der Waals surface area contributed by atoms with Gasteiger partial charge in [0.05, 0.1) is 5.69 Å². The zero-order chi connectivity index (χ0) is 19.2. The molecule has 1 aromatic carbocycles. The fraction of sp³-hybridized carbons (Fsp3) is 0.105. The first-order chi connectivity index (χ1) is 13.0. The summed E-state index contributed by atoms with van der Waals surface area (Å²) in [5.74, 6) is -0.891. The lowest BCUT2D eigenvalue weighted by Crippen LogP contribution is -2.45. The number of benzene rings is 1. The minimum absolute atomic E-state index is 0.0243. The lowest BCUT2D eigenvalue weighted by atomic mass is 10.2. The van der Waals surface area contributed by atoms with Crippen molar-refractivity contribution in [2.24, 2.45) is 0 Å². The van der Waals surface area contributed by atoms with E-state index < -0.39 is 18.5 Å². The molecule has 2 N–H and O–H groups in total. The highest BCUT2D eigenvalue weighted by Crippen LogP contribution is 2.09. The standard InChI is InChI=1S/C19H18N4O4/c24-17(13-22(19(26)27)12-14-6-2-1-3-7-14)21-23-11-5-9-16(23)18(25)15-8-4-10-20-15/h1-11,20H,12-13H2,(H,21,24)(H,26,27)/p-1. The van der Waals surface area contributed by atoms with Crippen molar-refractivity contribution < 1.29 is 19.5 Å². The summed E-state index contributed by atoms with van der Waals surface area (Å²) in [5.41, 5.74) is 3.87. The summed E-state index contributed by atoms with van der Waals surface area (Å²) >= 11 is 0. The van der Waals surface area contributed by atoms with Crippen molar-refractivity contribution >= 4 is 17.8 Å². The van der Waals surface area contributed by atoms with Crippen LogP contribution in [0.4, 0.5) is 4.79 Å². The van der Waals surface area contributed by atoms with Gasteiger partial charge < -0.3 is 19.8 Å². The summed E-state index contributed by atoms with van der Waals surface area (Å²) in [6, 6.07) is 15.4. The highest BCUT2D eigenvalue weighted by atomic mass is 16.4. The molecule has 8 heteroatoms. The topological polar surface area (TPSA) is 110 Å². The molecule has 2 aromatic heterocycles. The molecule has 0 aliphatic carbocycles. The Bertz CT molecular complexity index is 932.